The minimum Gasteiger partial charge on any atom is -0.497 e. The normalized spacial score (nSPS) is 20.9. The molecule has 0 heterocycles. The SMILES string of the molecule is CCOC1=C(C)C(C2(Cc3ccc(Cl)cc3)C=Cc3ccccc32)c2ccc(OC)cc21. The second kappa shape index (κ2) is 8.18. The largest absolute Gasteiger partial charge is 0.497 e. The molecule has 2 unspecified atom stereocenters. The Labute approximate surface area is 195 Å². The highest BCUT2D eigenvalue weighted by molar-refractivity contribution is 6.30. The Kier molecular flexibility index (Phi) is 5.35. The molecule has 0 radical (unpaired) electrons. The van der Waals surface area contributed by atoms with Gasteiger partial charge >= 0.3 is 0 Å². The number of halogens is 1. The van der Waals surface area contributed by atoms with E-state index in [1.807, 2.05) is 19.1 Å². The van der Waals surface area contributed by atoms with E-state index in [0.29, 0.717) is 6.61 Å². The Balaban J connectivity index is 1.73. The van der Waals surface area contributed by atoms with Crippen LogP contribution in [0.15, 0.2) is 78.4 Å². The van der Waals surface area contributed by atoms with Gasteiger partial charge in [0, 0.05) is 21.9 Å². The maximum atomic E-state index is 6.21. The zero-order valence-electron chi connectivity index (χ0n) is 18.7. The highest BCUT2D eigenvalue weighted by atomic mass is 35.5. The van der Waals surface area contributed by atoms with Crippen molar-refractivity contribution in [2.24, 2.45) is 0 Å². The number of allylic oxidation sites excluding steroid dienone is 2. The van der Waals surface area contributed by atoms with Crippen molar-refractivity contribution >= 4 is 23.4 Å². The first-order valence-corrected chi connectivity index (χ1v) is 11.5. The molecule has 0 bridgehead atoms. The van der Waals surface area contributed by atoms with Gasteiger partial charge in [-0.2, -0.15) is 0 Å². The third kappa shape index (κ3) is 3.25. The van der Waals surface area contributed by atoms with E-state index in [2.05, 4.69) is 73.7 Å². The molecule has 0 aromatic heterocycles. The van der Waals surface area contributed by atoms with Crippen LogP contribution in [0.4, 0.5) is 0 Å². The summed E-state index contributed by atoms with van der Waals surface area (Å²) < 4.78 is 11.8. The summed E-state index contributed by atoms with van der Waals surface area (Å²) in [6.07, 6.45) is 5.56. The molecule has 0 spiro atoms. The van der Waals surface area contributed by atoms with Gasteiger partial charge in [0.05, 0.1) is 13.7 Å². The molecule has 0 amide bonds. The Morgan fingerprint density at radius 1 is 1.00 bits per heavy atom. The highest BCUT2D eigenvalue weighted by Gasteiger charge is 2.48. The molecule has 2 nitrogen and oxygen atoms in total. The second-order valence-electron chi connectivity index (χ2n) is 8.60. The Hall–Kier alpha value is -2.97. The lowest BCUT2D eigenvalue weighted by Crippen LogP contribution is -2.33. The third-order valence-corrected chi connectivity index (χ3v) is 7.10. The van der Waals surface area contributed by atoms with Crippen molar-refractivity contribution in [3.05, 3.63) is 111 Å². The van der Waals surface area contributed by atoms with E-state index in [-0.39, 0.29) is 11.3 Å². The first-order valence-electron chi connectivity index (χ1n) is 11.1. The molecular formula is C29H27ClO2. The fraction of sp³-hybridized carbons (Fsp3) is 0.241. The summed E-state index contributed by atoms with van der Waals surface area (Å²) in [5.74, 6) is 2.00. The molecule has 0 aliphatic heterocycles. The summed E-state index contributed by atoms with van der Waals surface area (Å²) in [5, 5.41) is 0.762. The van der Waals surface area contributed by atoms with E-state index in [0.717, 1.165) is 28.5 Å². The average molecular weight is 443 g/mol. The summed E-state index contributed by atoms with van der Waals surface area (Å²) >= 11 is 6.19. The summed E-state index contributed by atoms with van der Waals surface area (Å²) in [4.78, 5) is 0. The van der Waals surface area contributed by atoms with Gasteiger partial charge < -0.3 is 9.47 Å². The van der Waals surface area contributed by atoms with Crippen LogP contribution < -0.4 is 4.74 Å². The van der Waals surface area contributed by atoms with Crippen molar-refractivity contribution in [2.45, 2.75) is 31.6 Å². The molecule has 5 rings (SSSR count). The fourth-order valence-corrected chi connectivity index (χ4v) is 5.66. The van der Waals surface area contributed by atoms with Crippen LogP contribution in [0.25, 0.3) is 11.8 Å². The van der Waals surface area contributed by atoms with Crippen LogP contribution in [0.5, 0.6) is 5.75 Å². The standard InChI is InChI=1S/C29H27ClO2/c1-4-32-28-19(2)27(24-14-13-23(31-3)17-25(24)28)29(18-20-9-11-22(30)12-10-20)16-15-21-7-5-6-8-26(21)29/h5-17,27H,4,18H2,1-3H3. The summed E-state index contributed by atoms with van der Waals surface area (Å²) in [7, 11) is 1.71. The molecule has 0 N–H and O–H groups in total. The Morgan fingerprint density at radius 2 is 1.78 bits per heavy atom. The number of fused-ring (bicyclic) bond motifs is 2. The zero-order valence-corrected chi connectivity index (χ0v) is 19.4. The molecular weight excluding hydrogens is 416 g/mol. The molecule has 2 aliphatic rings. The fourth-order valence-electron chi connectivity index (χ4n) is 5.53. The van der Waals surface area contributed by atoms with Gasteiger partial charge in [0.2, 0.25) is 0 Å². The smallest absolute Gasteiger partial charge is 0.126 e. The lowest BCUT2D eigenvalue weighted by atomic mass is 9.64. The molecule has 3 aromatic carbocycles. The van der Waals surface area contributed by atoms with E-state index in [1.54, 1.807) is 7.11 Å². The van der Waals surface area contributed by atoms with Gasteiger partial charge in [-0.05, 0) is 72.4 Å². The lowest BCUT2D eigenvalue weighted by molar-refractivity contribution is 0.295. The predicted molar refractivity (Wildman–Crippen MR) is 132 cm³/mol. The van der Waals surface area contributed by atoms with Gasteiger partial charge in [-0.3, -0.25) is 0 Å². The topological polar surface area (TPSA) is 18.5 Å². The van der Waals surface area contributed by atoms with Crippen molar-refractivity contribution < 1.29 is 9.47 Å². The molecule has 0 fully saturated rings. The maximum Gasteiger partial charge on any atom is 0.126 e. The van der Waals surface area contributed by atoms with Crippen molar-refractivity contribution in [3.63, 3.8) is 0 Å². The Bertz CT molecular complexity index is 1220. The van der Waals surface area contributed by atoms with Crippen molar-refractivity contribution in [3.8, 4) is 5.75 Å². The summed E-state index contributed by atoms with van der Waals surface area (Å²) in [6.45, 7) is 4.90. The van der Waals surface area contributed by atoms with Crippen LogP contribution >= 0.6 is 11.6 Å². The van der Waals surface area contributed by atoms with Crippen molar-refractivity contribution in [1.29, 1.82) is 0 Å². The van der Waals surface area contributed by atoms with E-state index < -0.39 is 0 Å². The average Bonchev–Trinajstić information content (AvgIpc) is 3.31. The Morgan fingerprint density at radius 3 is 2.53 bits per heavy atom. The van der Waals surface area contributed by atoms with Crippen LogP contribution in [-0.2, 0) is 16.6 Å². The van der Waals surface area contributed by atoms with Crippen LogP contribution in [0.3, 0.4) is 0 Å². The molecule has 2 atom stereocenters. The number of methoxy groups -OCH3 is 1. The van der Waals surface area contributed by atoms with Crippen LogP contribution in [-0.4, -0.2) is 13.7 Å². The van der Waals surface area contributed by atoms with E-state index in [4.69, 9.17) is 21.1 Å². The van der Waals surface area contributed by atoms with Gasteiger partial charge in [0.1, 0.15) is 11.5 Å². The number of benzene rings is 3. The van der Waals surface area contributed by atoms with Crippen LogP contribution in [0.2, 0.25) is 5.02 Å². The number of hydrogen-bond donors (Lipinski definition) is 0. The summed E-state index contributed by atoms with van der Waals surface area (Å²) in [6, 6.07) is 23.4. The van der Waals surface area contributed by atoms with Gasteiger partial charge in [0.25, 0.3) is 0 Å². The molecule has 162 valence electrons. The van der Waals surface area contributed by atoms with Crippen LogP contribution in [0.1, 0.15) is 47.6 Å². The van der Waals surface area contributed by atoms with Crippen LogP contribution in [0, 0.1) is 0 Å². The summed E-state index contributed by atoms with van der Waals surface area (Å²) in [5.41, 5.74) is 7.40. The number of rotatable bonds is 6. The van der Waals surface area contributed by atoms with Crippen molar-refractivity contribution in [2.75, 3.05) is 13.7 Å². The molecule has 3 aromatic rings. The predicted octanol–water partition coefficient (Wildman–Crippen LogP) is 7.42. The quantitative estimate of drug-likeness (QED) is 0.395. The van der Waals surface area contributed by atoms with Gasteiger partial charge in [-0.1, -0.05) is 66.2 Å². The van der Waals surface area contributed by atoms with E-state index in [9.17, 15) is 0 Å². The first kappa shape index (κ1) is 20.9. The molecule has 3 heteroatoms. The second-order valence-corrected chi connectivity index (χ2v) is 9.03. The maximum absolute atomic E-state index is 6.21. The zero-order chi connectivity index (χ0) is 22.3. The van der Waals surface area contributed by atoms with Gasteiger partial charge in [-0.25, -0.2) is 0 Å². The lowest BCUT2D eigenvalue weighted by Gasteiger charge is -2.37. The monoisotopic (exact) mass is 442 g/mol. The van der Waals surface area contributed by atoms with E-state index in [1.165, 1.54) is 27.8 Å². The minimum atomic E-state index is -0.212. The van der Waals surface area contributed by atoms with E-state index >= 15 is 0 Å². The molecule has 32 heavy (non-hydrogen) atoms. The van der Waals surface area contributed by atoms with Gasteiger partial charge in [0.15, 0.2) is 0 Å². The highest BCUT2D eigenvalue weighted by Crippen LogP contribution is 2.57. The first-order chi connectivity index (χ1) is 15.6. The third-order valence-electron chi connectivity index (χ3n) is 6.84. The molecule has 2 aliphatic carbocycles. The minimum absolute atomic E-state index is 0.167. The molecule has 0 saturated heterocycles. The molecule has 0 saturated carbocycles. The number of ether oxygens (including phenoxy) is 2. The van der Waals surface area contributed by atoms with Crippen molar-refractivity contribution in [1.82, 2.24) is 0 Å². The van der Waals surface area contributed by atoms with Gasteiger partial charge in [-0.15, -0.1) is 0 Å². The number of hydrogen-bond acceptors (Lipinski definition) is 2.